The summed E-state index contributed by atoms with van der Waals surface area (Å²) < 4.78 is 5.78. The molecule has 21 heavy (non-hydrogen) atoms. The molecule has 1 unspecified atom stereocenters. The van der Waals surface area contributed by atoms with E-state index in [4.69, 9.17) is 4.74 Å². The maximum atomic E-state index is 12.0. The Morgan fingerprint density at radius 2 is 1.90 bits per heavy atom. The van der Waals surface area contributed by atoms with E-state index in [0.29, 0.717) is 6.54 Å². The molecular weight excluding hydrogens is 262 g/mol. The Balaban J connectivity index is 2.10. The van der Waals surface area contributed by atoms with Crippen LogP contribution >= 0.6 is 0 Å². The molecule has 0 bridgehead atoms. The zero-order chi connectivity index (χ0) is 15.1. The molecule has 1 atom stereocenters. The number of carbonyl (C=O) groups is 1. The second-order valence-electron chi connectivity index (χ2n) is 4.74. The van der Waals surface area contributed by atoms with Gasteiger partial charge in [-0.1, -0.05) is 36.4 Å². The van der Waals surface area contributed by atoms with Crippen molar-refractivity contribution in [2.75, 3.05) is 6.54 Å². The van der Waals surface area contributed by atoms with Crippen LogP contribution in [0.4, 0.5) is 0 Å². The number of hydrogen-bond donors (Lipinski definition) is 1. The van der Waals surface area contributed by atoms with Crippen LogP contribution < -0.4 is 10.1 Å². The molecule has 0 spiro atoms. The Labute approximate surface area is 125 Å². The summed E-state index contributed by atoms with van der Waals surface area (Å²) in [5, 5.41) is 2.80. The van der Waals surface area contributed by atoms with Gasteiger partial charge in [0.25, 0.3) is 0 Å². The predicted molar refractivity (Wildman–Crippen MR) is 84.6 cm³/mol. The molecule has 0 saturated carbocycles. The molecule has 0 aliphatic rings. The number of rotatable bonds is 6. The van der Waals surface area contributed by atoms with E-state index in [1.54, 1.807) is 6.08 Å². The van der Waals surface area contributed by atoms with E-state index in [1.165, 1.54) is 0 Å². The third-order valence-corrected chi connectivity index (χ3v) is 3.15. The molecule has 0 fully saturated rings. The van der Waals surface area contributed by atoms with Crippen molar-refractivity contribution < 1.29 is 9.53 Å². The molecule has 2 rings (SSSR count). The third-order valence-electron chi connectivity index (χ3n) is 3.15. The van der Waals surface area contributed by atoms with E-state index in [0.717, 1.165) is 17.1 Å². The molecule has 0 radical (unpaired) electrons. The van der Waals surface area contributed by atoms with Gasteiger partial charge in [0.2, 0.25) is 5.91 Å². The van der Waals surface area contributed by atoms with Crippen molar-refractivity contribution in [1.82, 2.24) is 5.32 Å². The molecule has 108 valence electrons. The average Bonchev–Trinajstić information content (AvgIpc) is 2.53. The summed E-state index contributed by atoms with van der Waals surface area (Å²) in [5.41, 5.74) is 0.921. The SMILES string of the molecule is C=CCNC(=O)C(C)c1cccc(Oc2ccccc2)c1. The van der Waals surface area contributed by atoms with Crippen molar-refractivity contribution in [2.45, 2.75) is 12.8 Å². The highest BCUT2D eigenvalue weighted by atomic mass is 16.5. The molecule has 0 heterocycles. The van der Waals surface area contributed by atoms with E-state index in [1.807, 2.05) is 61.5 Å². The Morgan fingerprint density at radius 3 is 2.62 bits per heavy atom. The van der Waals surface area contributed by atoms with Gasteiger partial charge in [0.05, 0.1) is 5.92 Å². The number of benzene rings is 2. The number of para-hydroxylation sites is 1. The Bertz CT molecular complexity index is 608. The summed E-state index contributed by atoms with van der Waals surface area (Å²) in [4.78, 5) is 12.0. The zero-order valence-corrected chi connectivity index (χ0v) is 12.1. The van der Waals surface area contributed by atoms with Crippen LogP contribution in [0.25, 0.3) is 0 Å². The highest BCUT2D eigenvalue weighted by Crippen LogP contribution is 2.25. The van der Waals surface area contributed by atoms with Crippen LogP contribution in [0.1, 0.15) is 18.4 Å². The zero-order valence-electron chi connectivity index (χ0n) is 12.1. The molecule has 1 amide bonds. The molecule has 0 aliphatic heterocycles. The number of carbonyl (C=O) groups excluding carboxylic acids is 1. The second-order valence-corrected chi connectivity index (χ2v) is 4.74. The first-order valence-electron chi connectivity index (χ1n) is 6.92. The van der Waals surface area contributed by atoms with Gasteiger partial charge in [0.1, 0.15) is 11.5 Å². The maximum Gasteiger partial charge on any atom is 0.227 e. The first kappa shape index (κ1) is 14.9. The van der Waals surface area contributed by atoms with Crippen LogP contribution in [0.3, 0.4) is 0 Å². The predicted octanol–water partition coefficient (Wildman–Crippen LogP) is 3.88. The summed E-state index contributed by atoms with van der Waals surface area (Å²) in [6, 6.07) is 17.2. The lowest BCUT2D eigenvalue weighted by Crippen LogP contribution is -2.27. The number of ether oxygens (including phenoxy) is 1. The van der Waals surface area contributed by atoms with Crippen LogP contribution in [0.15, 0.2) is 67.3 Å². The Morgan fingerprint density at radius 1 is 1.19 bits per heavy atom. The van der Waals surface area contributed by atoms with Crippen molar-refractivity contribution in [2.24, 2.45) is 0 Å². The van der Waals surface area contributed by atoms with Gasteiger partial charge < -0.3 is 10.1 Å². The van der Waals surface area contributed by atoms with Crippen molar-refractivity contribution in [3.05, 3.63) is 72.8 Å². The fourth-order valence-electron chi connectivity index (χ4n) is 1.95. The number of amides is 1. The lowest BCUT2D eigenvalue weighted by Gasteiger charge is -2.13. The van der Waals surface area contributed by atoms with E-state index < -0.39 is 0 Å². The van der Waals surface area contributed by atoms with Crippen LogP contribution in [0.2, 0.25) is 0 Å². The van der Waals surface area contributed by atoms with E-state index in [9.17, 15) is 4.79 Å². The summed E-state index contributed by atoms with van der Waals surface area (Å²) in [6.45, 7) is 5.94. The summed E-state index contributed by atoms with van der Waals surface area (Å²) in [7, 11) is 0. The van der Waals surface area contributed by atoms with Crippen molar-refractivity contribution in [1.29, 1.82) is 0 Å². The quantitative estimate of drug-likeness (QED) is 0.816. The van der Waals surface area contributed by atoms with E-state index >= 15 is 0 Å². The number of hydrogen-bond acceptors (Lipinski definition) is 2. The molecule has 0 aliphatic carbocycles. The van der Waals surface area contributed by atoms with Gasteiger partial charge in [0.15, 0.2) is 0 Å². The van der Waals surface area contributed by atoms with Gasteiger partial charge >= 0.3 is 0 Å². The Kier molecular flexibility index (Phi) is 5.16. The van der Waals surface area contributed by atoms with Crippen molar-refractivity contribution in [3.8, 4) is 11.5 Å². The van der Waals surface area contributed by atoms with Crippen LogP contribution in [-0.4, -0.2) is 12.5 Å². The molecule has 2 aromatic rings. The van der Waals surface area contributed by atoms with Crippen molar-refractivity contribution >= 4 is 5.91 Å². The molecule has 0 saturated heterocycles. The summed E-state index contributed by atoms with van der Waals surface area (Å²) >= 11 is 0. The van der Waals surface area contributed by atoms with Crippen LogP contribution in [0.5, 0.6) is 11.5 Å². The fraction of sp³-hybridized carbons (Fsp3) is 0.167. The minimum Gasteiger partial charge on any atom is -0.457 e. The first-order chi connectivity index (χ1) is 10.2. The smallest absolute Gasteiger partial charge is 0.227 e. The largest absolute Gasteiger partial charge is 0.457 e. The standard InChI is InChI=1S/C18H19NO2/c1-3-12-19-18(20)14(2)15-8-7-11-17(13-15)21-16-9-5-4-6-10-16/h3-11,13-14H,1,12H2,2H3,(H,19,20). The third kappa shape index (κ3) is 4.21. The van der Waals surface area contributed by atoms with Gasteiger partial charge in [-0.15, -0.1) is 6.58 Å². The van der Waals surface area contributed by atoms with Gasteiger partial charge in [-0.25, -0.2) is 0 Å². The van der Waals surface area contributed by atoms with Gasteiger partial charge in [-0.05, 0) is 36.8 Å². The highest BCUT2D eigenvalue weighted by molar-refractivity contribution is 5.83. The molecule has 3 heteroatoms. The average molecular weight is 281 g/mol. The highest BCUT2D eigenvalue weighted by Gasteiger charge is 2.14. The first-order valence-corrected chi connectivity index (χ1v) is 6.92. The van der Waals surface area contributed by atoms with Crippen molar-refractivity contribution in [3.63, 3.8) is 0 Å². The molecule has 0 aromatic heterocycles. The van der Waals surface area contributed by atoms with Gasteiger partial charge in [0, 0.05) is 6.54 Å². The lowest BCUT2D eigenvalue weighted by atomic mass is 10.00. The van der Waals surface area contributed by atoms with E-state index in [-0.39, 0.29) is 11.8 Å². The van der Waals surface area contributed by atoms with Crippen LogP contribution in [-0.2, 0) is 4.79 Å². The van der Waals surface area contributed by atoms with Crippen LogP contribution in [0, 0.1) is 0 Å². The topological polar surface area (TPSA) is 38.3 Å². The molecule has 2 aromatic carbocycles. The summed E-state index contributed by atoms with van der Waals surface area (Å²) in [5.74, 6) is 1.25. The normalized spacial score (nSPS) is 11.5. The second kappa shape index (κ2) is 7.29. The fourth-order valence-corrected chi connectivity index (χ4v) is 1.95. The molecule has 1 N–H and O–H groups in total. The summed E-state index contributed by atoms with van der Waals surface area (Å²) in [6.07, 6.45) is 1.67. The minimum absolute atomic E-state index is 0.0215. The van der Waals surface area contributed by atoms with Gasteiger partial charge in [-0.2, -0.15) is 0 Å². The Hall–Kier alpha value is -2.55. The molecule has 3 nitrogen and oxygen atoms in total. The minimum atomic E-state index is -0.232. The monoisotopic (exact) mass is 281 g/mol. The van der Waals surface area contributed by atoms with E-state index in [2.05, 4.69) is 11.9 Å². The maximum absolute atomic E-state index is 12.0. The lowest BCUT2D eigenvalue weighted by molar-refractivity contribution is -0.121. The molecular formula is C18H19NO2. The number of nitrogens with one attached hydrogen (secondary N) is 1. The van der Waals surface area contributed by atoms with Gasteiger partial charge in [-0.3, -0.25) is 4.79 Å².